The van der Waals surface area contributed by atoms with Gasteiger partial charge in [-0.25, -0.2) is 17.5 Å². The Bertz CT molecular complexity index is 727. The first-order valence-electron chi connectivity index (χ1n) is 8.05. The number of carbonyl (C=O) groups is 1. The van der Waals surface area contributed by atoms with E-state index in [1.54, 1.807) is 21.9 Å². The molecule has 0 unspecified atom stereocenters. The van der Waals surface area contributed by atoms with Gasteiger partial charge in [-0.3, -0.25) is 0 Å². The molecule has 0 spiro atoms. The first-order valence-corrected chi connectivity index (χ1v) is 9.49. The van der Waals surface area contributed by atoms with Gasteiger partial charge in [-0.1, -0.05) is 6.07 Å². The van der Waals surface area contributed by atoms with Crippen molar-refractivity contribution in [1.29, 1.82) is 0 Å². The second-order valence-corrected chi connectivity index (χ2v) is 8.42. The van der Waals surface area contributed by atoms with Gasteiger partial charge in [0.05, 0.1) is 18.1 Å². The number of benzene rings is 1. The van der Waals surface area contributed by atoms with Crippen molar-refractivity contribution in [2.75, 3.05) is 46.9 Å². The van der Waals surface area contributed by atoms with Crippen LogP contribution in [0, 0.1) is 0 Å². The highest BCUT2D eigenvalue weighted by atomic mass is 32.2. The first kappa shape index (κ1) is 17.2. The lowest BCUT2D eigenvalue weighted by Crippen LogP contribution is -2.49. The summed E-state index contributed by atoms with van der Waals surface area (Å²) in [5.74, 6) is 0. The minimum Gasteiger partial charge on any atom is -0.378 e. The van der Waals surface area contributed by atoms with E-state index < -0.39 is 10.0 Å². The van der Waals surface area contributed by atoms with Crippen molar-refractivity contribution < 1.29 is 17.9 Å². The molecule has 1 saturated heterocycles. The normalized spacial score (nSPS) is 18.6. The number of amides is 2. The van der Waals surface area contributed by atoms with E-state index in [1.807, 2.05) is 6.07 Å². The van der Waals surface area contributed by atoms with Crippen molar-refractivity contribution in [1.82, 2.24) is 14.1 Å². The number of hydrogen-bond donors (Lipinski definition) is 0. The van der Waals surface area contributed by atoms with Crippen LogP contribution >= 0.6 is 0 Å². The summed E-state index contributed by atoms with van der Waals surface area (Å²) < 4.78 is 31.1. The van der Waals surface area contributed by atoms with Gasteiger partial charge in [0.2, 0.25) is 10.0 Å². The molecule has 2 aliphatic heterocycles. The van der Waals surface area contributed by atoms with Crippen LogP contribution in [0.4, 0.5) is 4.79 Å². The number of sulfonamides is 1. The molecular formula is C16H23N3O4S. The molecule has 2 amide bonds. The molecule has 2 heterocycles. The molecule has 0 aromatic heterocycles. The van der Waals surface area contributed by atoms with Crippen LogP contribution in [-0.4, -0.2) is 75.5 Å². The highest BCUT2D eigenvalue weighted by molar-refractivity contribution is 7.89. The lowest BCUT2D eigenvalue weighted by atomic mass is 10.00. The van der Waals surface area contributed by atoms with Crippen LogP contribution in [0.25, 0.3) is 0 Å². The molecule has 0 aliphatic carbocycles. The maximum atomic E-state index is 12.6. The van der Waals surface area contributed by atoms with Crippen molar-refractivity contribution in [3.05, 3.63) is 29.3 Å². The van der Waals surface area contributed by atoms with Crippen molar-refractivity contribution >= 4 is 16.1 Å². The summed E-state index contributed by atoms with van der Waals surface area (Å²) in [6, 6.07) is 5.21. The molecule has 7 nitrogen and oxygen atoms in total. The Hall–Kier alpha value is -1.64. The molecule has 0 bridgehead atoms. The van der Waals surface area contributed by atoms with Crippen molar-refractivity contribution in [3.8, 4) is 0 Å². The Morgan fingerprint density at radius 2 is 1.79 bits per heavy atom. The van der Waals surface area contributed by atoms with Gasteiger partial charge in [0, 0.05) is 40.3 Å². The third-order valence-electron chi connectivity index (χ3n) is 4.52. The highest BCUT2D eigenvalue weighted by Crippen LogP contribution is 2.24. The van der Waals surface area contributed by atoms with Gasteiger partial charge in [-0.05, 0) is 29.7 Å². The largest absolute Gasteiger partial charge is 0.378 e. The Balaban J connectivity index is 1.80. The van der Waals surface area contributed by atoms with Gasteiger partial charge in [0.15, 0.2) is 0 Å². The Morgan fingerprint density at radius 3 is 2.46 bits per heavy atom. The monoisotopic (exact) mass is 353 g/mol. The van der Waals surface area contributed by atoms with E-state index in [9.17, 15) is 13.2 Å². The fourth-order valence-corrected chi connectivity index (χ4v) is 3.98. The van der Waals surface area contributed by atoms with Crippen LogP contribution in [0.2, 0.25) is 0 Å². The second kappa shape index (κ2) is 6.70. The number of carbonyl (C=O) groups excluding carboxylic acids is 1. The Kier molecular flexibility index (Phi) is 4.80. The molecule has 0 N–H and O–H groups in total. The number of ether oxygens (including phenoxy) is 1. The average molecular weight is 353 g/mol. The zero-order chi connectivity index (χ0) is 17.3. The summed E-state index contributed by atoms with van der Waals surface area (Å²) in [6.45, 7) is 3.46. The Labute approximate surface area is 142 Å². The number of morpholine rings is 1. The number of rotatable bonds is 2. The maximum Gasteiger partial charge on any atom is 0.320 e. The molecule has 0 radical (unpaired) electrons. The third-order valence-corrected chi connectivity index (χ3v) is 6.33. The minimum absolute atomic E-state index is 0.00446. The average Bonchev–Trinajstić information content (AvgIpc) is 2.60. The summed E-state index contributed by atoms with van der Waals surface area (Å²) in [4.78, 5) is 16.5. The molecule has 1 aromatic carbocycles. The summed E-state index contributed by atoms with van der Waals surface area (Å²) in [7, 11) is -0.432. The number of nitrogens with zero attached hydrogens (tertiary/aromatic N) is 3. The standard InChI is InChI=1S/C16H23N3O4S/c1-17(2)24(21,22)15-4-3-13-5-6-19(12-14(13)11-15)16(20)18-7-9-23-10-8-18/h3-4,11H,5-10,12H2,1-2H3. The summed E-state index contributed by atoms with van der Waals surface area (Å²) in [5, 5.41) is 0. The van der Waals surface area contributed by atoms with E-state index >= 15 is 0 Å². The van der Waals surface area contributed by atoms with Crippen molar-refractivity contribution in [3.63, 3.8) is 0 Å². The van der Waals surface area contributed by atoms with Crippen LogP contribution < -0.4 is 0 Å². The molecule has 132 valence electrons. The van der Waals surface area contributed by atoms with Crippen LogP contribution in [0.15, 0.2) is 23.1 Å². The van der Waals surface area contributed by atoms with Crippen LogP contribution in [-0.2, 0) is 27.7 Å². The SMILES string of the molecule is CN(C)S(=O)(=O)c1ccc2c(c1)CN(C(=O)N1CCOCC1)CC2. The zero-order valence-corrected chi connectivity index (χ0v) is 14.9. The third kappa shape index (κ3) is 3.26. The quantitative estimate of drug-likeness (QED) is 0.787. The van der Waals surface area contributed by atoms with Gasteiger partial charge in [0.1, 0.15) is 0 Å². The van der Waals surface area contributed by atoms with Gasteiger partial charge in [0.25, 0.3) is 0 Å². The molecule has 0 atom stereocenters. The molecule has 1 fully saturated rings. The first-order chi connectivity index (χ1) is 11.4. The predicted molar refractivity (Wildman–Crippen MR) is 89.2 cm³/mol. The zero-order valence-electron chi connectivity index (χ0n) is 14.1. The van der Waals surface area contributed by atoms with E-state index in [0.717, 1.165) is 17.5 Å². The fourth-order valence-electron chi connectivity index (χ4n) is 3.02. The summed E-state index contributed by atoms with van der Waals surface area (Å²) >= 11 is 0. The van der Waals surface area contributed by atoms with Gasteiger partial charge in [-0.2, -0.15) is 0 Å². The van der Waals surface area contributed by atoms with Crippen molar-refractivity contribution in [2.45, 2.75) is 17.9 Å². The number of fused-ring (bicyclic) bond motifs is 1. The molecule has 8 heteroatoms. The summed E-state index contributed by atoms with van der Waals surface area (Å²) in [5.41, 5.74) is 2.02. The lowest BCUT2D eigenvalue weighted by molar-refractivity contribution is 0.0421. The van der Waals surface area contributed by atoms with Gasteiger partial charge in [-0.15, -0.1) is 0 Å². The summed E-state index contributed by atoms with van der Waals surface area (Å²) in [6.07, 6.45) is 0.744. The minimum atomic E-state index is -3.47. The molecule has 3 rings (SSSR count). The Morgan fingerprint density at radius 1 is 1.08 bits per heavy atom. The van der Waals surface area contributed by atoms with Gasteiger partial charge >= 0.3 is 6.03 Å². The highest BCUT2D eigenvalue weighted by Gasteiger charge is 2.27. The van der Waals surface area contributed by atoms with Crippen molar-refractivity contribution in [2.24, 2.45) is 0 Å². The van der Waals surface area contributed by atoms with E-state index in [-0.39, 0.29) is 10.9 Å². The van der Waals surface area contributed by atoms with E-state index in [4.69, 9.17) is 4.74 Å². The number of urea groups is 1. The van der Waals surface area contributed by atoms with Gasteiger partial charge < -0.3 is 14.5 Å². The van der Waals surface area contributed by atoms with E-state index in [1.165, 1.54) is 18.4 Å². The van der Waals surface area contributed by atoms with Crippen LogP contribution in [0.5, 0.6) is 0 Å². The fraction of sp³-hybridized carbons (Fsp3) is 0.562. The molecule has 2 aliphatic rings. The topological polar surface area (TPSA) is 70.2 Å². The second-order valence-electron chi connectivity index (χ2n) is 6.27. The smallest absolute Gasteiger partial charge is 0.320 e. The maximum absolute atomic E-state index is 12.6. The van der Waals surface area contributed by atoms with E-state index in [2.05, 4.69) is 0 Å². The predicted octanol–water partition coefficient (Wildman–Crippen LogP) is 0.747. The molecule has 1 aromatic rings. The van der Waals surface area contributed by atoms with E-state index in [0.29, 0.717) is 39.4 Å². The van der Waals surface area contributed by atoms with Crippen LogP contribution in [0.3, 0.4) is 0 Å². The molecule has 24 heavy (non-hydrogen) atoms. The van der Waals surface area contributed by atoms with Crippen LogP contribution in [0.1, 0.15) is 11.1 Å². The lowest BCUT2D eigenvalue weighted by Gasteiger charge is -2.35. The number of hydrogen-bond acceptors (Lipinski definition) is 4. The molecule has 0 saturated carbocycles. The molecular weight excluding hydrogens is 330 g/mol.